The zero-order valence-electron chi connectivity index (χ0n) is 10.1. The number of anilines is 1. The Morgan fingerprint density at radius 3 is 2.88 bits per heavy atom. The molecule has 1 unspecified atom stereocenters. The van der Waals surface area contributed by atoms with E-state index in [0.717, 1.165) is 12.8 Å². The van der Waals surface area contributed by atoms with Crippen molar-refractivity contribution in [3.8, 4) is 5.75 Å². The summed E-state index contributed by atoms with van der Waals surface area (Å²) in [5.74, 6) is -0.158. The molecule has 1 amide bonds. The van der Waals surface area contributed by atoms with Crippen molar-refractivity contribution in [1.82, 2.24) is 0 Å². The second kappa shape index (κ2) is 4.73. The number of rotatable bonds is 3. The number of carbonyl (C=O) groups excluding carboxylic acids is 1. The van der Waals surface area contributed by atoms with E-state index >= 15 is 0 Å². The molecular formula is C13H16FNO2. The van der Waals surface area contributed by atoms with Gasteiger partial charge in [-0.1, -0.05) is 6.92 Å². The number of carbonyl (C=O) groups is 1. The van der Waals surface area contributed by atoms with E-state index in [2.05, 4.69) is 0 Å². The monoisotopic (exact) mass is 237 g/mol. The second-order valence-corrected chi connectivity index (χ2v) is 4.18. The van der Waals surface area contributed by atoms with E-state index in [-0.39, 0.29) is 17.7 Å². The zero-order valence-corrected chi connectivity index (χ0v) is 10.1. The van der Waals surface area contributed by atoms with Gasteiger partial charge in [0.1, 0.15) is 0 Å². The molecule has 1 aromatic carbocycles. The van der Waals surface area contributed by atoms with Gasteiger partial charge in [0.05, 0.1) is 7.11 Å². The SMILES string of the molecule is CCC1CCC(=O)N1c1ccc(OC)c(F)c1. The summed E-state index contributed by atoms with van der Waals surface area (Å²) >= 11 is 0. The first kappa shape index (κ1) is 11.9. The Hall–Kier alpha value is -1.58. The van der Waals surface area contributed by atoms with Crippen molar-refractivity contribution in [1.29, 1.82) is 0 Å². The van der Waals surface area contributed by atoms with Crippen LogP contribution in [-0.2, 0) is 4.79 Å². The van der Waals surface area contributed by atoms with Gasteiger partial charge in [-0.15, -0.1) is 0 Å². The van der Waals surface area contributed by atoms with Crippen molar-refractivity contribution >= 4 is 11.6 Å². The third kappa shape index (κ3) is 2.12. The smallest absolute Gasteiger partial charge is 0.227 e. The van der Waals surface area contributed by atoms with E-state index < -0.39 is 5.82 Å². The Kier molecular flexibility index (Phi) is 3.31. The highest BCUT2D eigenvalue weighted by Gasteiger charge is 2.31. The van der Waals surface area contributed by atoms with Gasteiger partial charge in [0.2, 0.25) is 5.91 Å². The van der Waals surface area contributed by atoms with Gasteiger partial charge in [0, 0.05) is 24.2 Å². The lowest BCUT2D eigenvalue weighted by Gasteiger charge is -2.24. The minimum absolute atomic E-state index is 0.0708. The highest BCUT2D eigenvalue weighted by molar-refractivity contribution is 5.96. The molecule has 0 N–H and O–H groups in total. The molecule has 1 fully saturated rings. The van der Waals surface area contributed by atoms with Crippen molar-refractivity contribution in [2.24, 2.45) is 0 Å². The van der Waals surface area contributed by atoms with Crippen LogP contribution in [0.15, 0.2) is 18.2 Å². The average molecular weight is 237 g/mol. The molecule has 1 aliphatic heterocycles. The molecule has 1 atom stereocenters. The highest BCUT2D eigenvalue weighted by Crippen LogP contribution is 2.31. The predicted octanol–water partition coefficient (Wildman–Crippen LogP) is 2.74. The first-order chi connectivity index (χ1) is 8.17. The summed E-state index contributed by atoms with van der Waals surface area (Å²) in [6.07, 6.45) is 2.29. The van der Waals surface area contributed by atoms with Crippen LogP contribution in [0.25, 0.3) is 0 Å². The molecule has 1 saturated heterocycles. The Bertz CT molecular complexity index is 433. The molecule has 1 aliphatic rings. The van der Waals surface area contributed by atoms with Crippen LogP contribution in [0.5, 0.6) is 5.75 Å². The van der Waals surface area contributed by atoms with E-state index in [4.69, 9.17) is 4.74 Å². The Morgan fingerprint density at radius 2 is 2.29 bits per heavy atom. The van der Waals surface area contributed by atoms with Crippen LogP contribution < -0.4 is 9.64 Å². The molecule has 1 heterocycles. The molecule has 0 spiro atoms. The number of methoxy groups -OCH3 is 1. The molecule has 0 bridgehead atoms. The zero-order chi connectivity index (χ0) is 12.4. The highest BCUT2D eigenvalue weighted by atomic mass is 19.1. The molecule has 4 heteroatoms. The van der Waals surface area contributed by atoms with E-state index in [9.17, 15) is 9.18 Å². The van der Waals surface area contributed by atoms with Crippen molar-refractivity contribution in [3.05, 3.63) is 24.0 Å². The summed E-state index contributed by atoms with van der Waals surface area (Å²) in [5, 5.41) is 0. The number of ether oxygens (including phenoxy) is 1. The minimum Gasteiger partial charge on any atom is -0.494 e. The van der Waals surface area contributed by atoms with Crippen LogP contribution in [0.2, 0.25) is 0 Å². The fraction of sp³-hybridized carbons (Fsp3) is 0.462. The molecule has 1 aromatic rings. The van der Waals surface area contributed by atoms with Crippen molar-refractivity contribution in [2.45, 2.75) is 32.2 Å². The first-order valence-corrected chi connectivity index (χ1v) is 5.83. The summed E-state index contributed by atoms with van der Waals surface area (Å²) in [4.78, 5) is 13.5. The van der Waals surface area contributed by atoms with E-state index in [1.807, 2.05) is 6.92 Å². The topological polar surface area (TPSA) is 29.5 Å². The fourth-order valence-corrected chi connectivity index (χ4v) is 2.29. The number of nitrogens with zero attached hydrogens (tertiary/aromatic N) is 1. The normalized spacial score (nSPS) is 19.8. The van der Waals surface area contributed by atoms with Crippen molar-refractivity contribution in [2.75, 3.05) is 12.0 Å². The van der Waals surface area contributed by atoms with Crippen LogP contribution in [0.1, 0.15) is 26.2 Å². The predicted molar refractivity (Wildman–Crippen MR) is 63.8 cm³/mol. The van der Waals surface area contributed by atoms with Gasteiger partial charge in [-0.05, 0) is 25.0 Å². The molecular weight excluding hydrogens is 221 g/mol. The summed E-state index contributed by atoms with van der Waals surface area (Å²) in [5.41, 5.74) is 0.623. The summed E-state index contributed by atoms with van der Waals surface area (Å²) in [6, 6.07) is 4.84. The van der Waals surface area contributed by atoms with Gasteiger partial charge in [0.25, 0.3) is 0 Å². The molecule has 17 heavy (non-hydrogen) atoms. The van der Waals surface area contributed by atoms with Gasteiger partial charge in [-0.3, -0.25) is 4.79 Å². The summed E-state index contributed by atoms with van der Waals surface area (Å²) < 4.78 is 18.5. The van der Waals surface area contributed by atoms with Crippen LogP contribution in [-0.4, -0.2) is 19.1 Å². The number of amides is 1. The van der Waals surface area contributed by atoms with E-state index in [0.29, 0.717) is 12.1 Å². The maximum atomic E-state index is 13.6. The summed E-state index contributed by atoms with van der Waals surface area (Å²) in [7, 11) is 1.42. The number of hydrogen-bond donors (Lipinski definition) is 0. The third-order valence-corrected chi connectivity index (χ3v) is 3.21. The van der Waals surface area contributed by atoms with Crippen LogP contribution in [0.4, 0.5) is 10.1 Å². The van der Waals surface area contributed by atoms with Gasteiger partial charge >= 0.3 is 0 Å². The lowest BCUT2D eigenvalue weighted by molar-refractivity contribution is -0.117. The lowest BCUT2D eigenvalue weighted by atomic mass is 10.1. The van der Waals surface area contributed by atoms with Crippen molar-refractivity contribution in [3.63, 3.8) is 0 Å². The standard InChI is InChI=1S/C13H16FNO2/c1-3-9-5-7-13(16)15(9)10-4-6-12(17-2)11(14)8-10/h4,6,8-9H,3,5,7H2,1-2H3. The molecule has 3 nitrogen and oxygen atoms in total. The number of halogens is 1. The van der Waals surface area contributed by atoms with Crippen molar-refractivity contribution < 1.29 is 13.9 Å². The molecule has 2 rings (SSSR count). The van der Waals surface area contributed by atoms with Crippen LogP contribution in [0.3, 0.4) is 0 Å². The Labute approximate surface area is 100 Å². The van der Waals surface area contributed by atoms with Crippen LogP contribution >= 0.6 is 0 Å². The molecule has 0 saturated carbocycles. The van der Waals surface area contributed by atoms with Gasteiger partial charge in [-0.2, -0.15) is 0 Å². The maximum absolute atomic E-state index is 13.6. The van der Waals surface area contributed by atoms with Gasteiger partial charge in [0.15, 0.2) is 11.6 Å². The Morgan fingerprint density at radius 1 is 1.53 bits per heavy atom. The Balaban J connectivity index is 2.33. The molecule has 0 radical (unpaired) electrons. The largest absolute Gasteiger partial charge is 0.494 e. The quantitative estimate of drug-likeness (QED) is 0.809. The summed E-state index contributed by atoms with van der Waals surface area (Å²) in [6.45, 7) is 2.04. The molecule has 0 aliphatic carbocycles. The third-order valence-electron chi connectivity index (χ3n) is 3.21. The van der Waals surface area contributed by atoms with Crippen LogP contribution in [0, 0.1) is 5.82 Å². The second-order valence-electron chi connectivity index (χ2n) is 4.18. The first-order valence-electron chi connectivity index (χ1n) is 5.83. The van der Waals surface area contributed by atoms with E-state index in [1.54, 1.807) is 17.0 Å². The molecule has 92 valence electrons. The van der Waals surface area contributed by atoms with E-state index in [1.165, 1.54) is 13.2 Å². The van der Waals surface area contributed by atoms with Gasteiger partial charge < -0.3 is 9.64 Å². The fourth-order valence-electron chi connectivity index (χ4n) is 2.29. The number of hydrogen-bond acceptors (Lipinski definition) is 2. The average Bonchev–Trinajstić information content (AvgIpc) is 2.70. The maximum Gasteiger partial charge on any atom is 0.227 e. The molecule has 0 aromatic heterocycles. The lowest BCUT2D eigenvalue weighted by Crippen LogP contribution is -2.32. The minimum atomic E-state index is -0.431. The number of benzene rings is 1. The van der Waals surface area contributed by atoms with Gasteiger partial charge in [-0.25, -0.2) is 4.39 Å².